The molecule has 0 saturated heterocycles. The van der Waals surface area contributed by atoms with Crippen molar-refractivity contribution in [3.05, 3.63) is 90.0 Å². The molecule has 0 saturated carbocycles. The number of nitrogens with one attached hydrogen (secondary N) is 2. The molecule has 182 valence electrons. The van der Waals surface area contributed by atoms with E-state index in [1.54, 1.807) is 30.3 Å². The standard InChI is InChI=1S/C26H30N2O4S.ClH/c29-24(19-32-25-10-3-1-4-11-25)18-27-22-9-7-8-20-14-15-23(17-21(20)16-22)28-33(30,31)26-12-5-2-6-13-26;/h1-6,10-15,17,22,24,27-29H,7-9,16,18-19H2;1H/t22?,24-;/m0./s1. The van der Waals surface area contributed by atoms with E-state index in [0.29, 0.717) is 12.2 Å². The Morgan fingerprint density at radius 3 is 2.41 bits per heavy atom. The first kappa shape index (κ1) is 26.0. The fourth-order valence-electron chi connectivity index (χ4n) is 4.09. The van der Waals surface area contributed by atoms with Crippen LogP contribution in [0.2, 0.25) is 0 Å². The van der Waals surface area contributed by atoms with Gasteiger partial charge >= 0.3 is 0 Å². The highest BCUT2D eigenvalue weighted by Crippen LogP contribution is 2.25. The molecule has 2 atom stereocenters. The smallest absolute Gasteiger partial charge is 0.261 e. The fraction of sp³-hybridized carbons (Fsp3) is 0.308. The topological polar surface area (TPSA) is 87.7 Å². The zero-order chi connectivity index (χ0) is 23.1. The lowest BCUT2D eigenvalue weighted by molar-refractivity contribution is 0.103. The summed E-state index contributed by atoms with van der Waals surface area (Å²) < 4.78 is 33.7. The van der Waals surface area contributed by atoms with E-state index in [2.05, 4.69) is 10.0 Å². The van der Waals surface area contributed by atoms with E-state index >= 15 is 0 Å². The molecule has 0 radical (unpaired) electrons. The number of halogens is 1. The maximum atomic E-state index is 12.7. The largest absolute Gasteiger partial charge is 0.491 e. The lowest BCUT2D eigenvalue weighted by atomic mass is 10.0. The van der Waals surface area contributed by atoms with Gasteiger partial charge < -0.3 is 15.2 Å². The molecule has 3 aromatic carbocycles. The minimum absolute atomic E-state index is 0. The Labute approximate surface area is 207 Å². The molecule has 6 nitrogen and oxygen atoms in total. The molecular formula is C26H31ClN2O4S. The average Bonchev–Trinajstić information content (AvgIpc) is 3.04. The van der Waals surface area contributed by atoms with Gasteiger partial charge in [-0.15, -0.1) is 12.4 Å². The number of hydrogen-bond donors (Lipinski definition) is 3. The van der Waals surface area contributed by atoms with Gasteiger partial charge in [0.1, 0.15) is 18.5 Å². The molecule has 0 amide bonds. The van der Waals surface area contributed by atoms with Crippen LogP contribution in [0.3, 0.4) is 0 Å². The molecule has 1 unspecified atom stereocenters. The highest BCUT2D eigenvalue weighted by molar-refractivity contribution is 7.92. The van der Waals surface area contributed by atoms with Crippen molar-refractivity contribution in [3.8, 4) is 5.75 Å². The van der Waals surface area contributed by atoms with Crippen LogP contribution in [0, 0.1) is 0 Å². The number of rotatable bonds is 9. The van der Waals surface area contributed by atoms with Crippen molar-refractivity contribution in [1.82, 2.24) is 5.32 Å². The number of benzene rings is 3. The summed E-state index contributed by atoms with van der Waals surface area (Å²) >= 11 is 0. The number of ether oxygens (including phenoxy) is 1. The van der Waals surface area contributed by atoms with Gasteiger partial charge in [-0.05, 0) is 73.2 Å². The molecule has 0 fully saturated rings. The number of hydrogen-bond acceptors (Lipinski definition) is 5. The van der Waals surface area contributed by atoms with E-state index in [9.17, 15) is 13.5 Å². The Morgan fingerprint density at radius 1 is 0.971 bits per heavy atom. The Balaban J connectivity index is 0.00000324. The van der Waals surface area contributed by atoms with Crippen LogP contribution in [0.1, 0.15) is 24.0 Å². The first-order valence-corrected chi connectivity index (χ1v) is 12.8. The van der Waals surface area contributed by atoms with Crippen molar-refractivity contribution in [2.24, 2.45) is 0 Å². The van der Waals surface area contributed by atoms with E-state index < -0.39 is 16.1 Å². The van der Waals surface area contributed by atoms with Crippen LogP contribution >= 0.6 is 12.4 Å². The highest BCUT2D eigenvalue weighted by atomic mass is 35.5. The summed E-state index contributed by atoms with van der Waals surface area (Å²) in [6.07, 6.45) is 3.15. The van der Waals surface area contributed by atoms with Gasteiger partial charge in [-0.1, -0.05) is 42.5 Å². The molecule has 3 aromatic rings. The van der Waals surface area contributed by atoms with Crippen molar-refractivity contribution in [2.75, 3.05) is 17.9 Å². The highest BCUT2D eigenvalue weighted by Gasteiger charge is 2.20. The third-order valence-electron chi connectivity index (χ3n) is 5.80. The van der Waals surface area contributed by atoms with Crippen LogP contribution in [-0.4, -0.2) is 38.8 Å². The Morgan fingerprint density at radius 2 is 1.68 bits per heavy atom. The second kappa shape index (κ2) is 12.2. The van der Waals surface area contributed by atoms with Gasteiger partial charge in [0.15, 0.2) is 0 Å². The van der Waals surface area contributed by atoms with Gasteiger partial charge in [0.05, 0.1) is 4.90 Å². The molecule has 0 spiro atoms. The van der Waals surface area contributed by atoms with E-state index in [-0.39, 0.29) is 30.0 Å². The van der Waals surface area contributed by atoms with Gasteiger partial charge in [-0.25, -0.2) is 8.42 Å². The Kier molecular flexibility index (Phi) is 9.36. The quantitative estimate of drug-likeness (QED) is 0.382. The fourth-order valence-corrected chi connectivity index (χ4v) is 5.16. The van der Waals surface area contributed by atoms with E-state index in [1.807, 2.05) is 48.5 Å². The zero-order valence-corrected chi connectivity index (χ0v) is 20.5. The van der Waals surface area contributed by atoms with Crippen LogP contribution < -0.4 is 14.8 Å². The predicted octanol–water partition coefficient (Wildman–Crippen LogP) is 4.19. The summed E-state index contributed by atoms with van der Waals surface area (Å²) in [6, 6.07) is 23.8. The van der Waals surface area contributed by atoms with Crippen LogP contribution in [0.15, 0.2) is 83.8 Å². The number of sulfonamides is 1. The molecule has 0 bridgehead atoms. The maximum absolute atomic E-state index is 12.7. The molecule has 3 N–H and O–H groups in total. The number of anilines is 1. The van der Waals surface area contributed by atoms with E-state index in [1.165, 1.54) is 5.56 Å². The number of fused-ring (bicyclic) bond motifs is 1. The third kappa shape index (κ3) is 7.21. The molecule has 1 aliphatic rings. The first-order valence-electron chi connectivity index (χ1n) is 11.3. The van der Waals surface area contributed by atoms with Crippen molar-refractivity contribution in [3.63, 3.8) is 0 Å². The summed E-state index contributed by atoms with van der Waals surface area (Å²) in [6.45, 7) is 0.666. The number of para-hydroxylation sites is 1. The molecule has 0 aromatic heterocycles. The van der Waals surface area contributed by atoms with Crippen LogP contribution in [-0.2, 0) is 22.9 Å². The van der Waals surface area contributed by atoms with Gasteiger partial charge in [0.25, 0.3) is 10.0 Å². The molecular weight excluding hydrogens is 472 g/mol. The average molecular weight is 503 g/mol. The minimum Gasteiger partial charge on any atom is -0.491 e. The lowest BCUT2D eigenvalue weighted by Gasteiger charge is -2.20. The van der Waals surface area contributed by atoms with Gasteiger partial charge in [0, 0.05) is 18.3 Å². The second-order valence-corrected chi connectivity index (χ2v) is 10.1. The second-order valence-electron chi connectivity index (χ2n) is 8.38. The zero-order valence-electron chi connectivity index (χ0n) is 18.9. The van der Waals surface area contributed by atoms with Gasteiger partial charge in [-0.2, -0.15) is 0 Å². The lowest BCUT2D eigenvalue weighted by Crippen LogP contribution is -2.39. The monoisotopic (exact) mass is 502 g/mol. The van der Waals surface area contributed by atoms with E-state index in [4.69, 9.17) is 4.74 Å². The molecule has 0 aliphatic heterocycles. The van der Waals surface area contributed by atoms with Gasteiger partial charge in [-0.3, -0.25) is 4.72 Å². The molecule has 0 heterocycles. The number of aliphatic hydroxyl groups excluding tert-OH is 1. The predicted molar refractivity (Wildman–Crippen MR) is 137 cm³/mol. The first-order chi connectivity index (χ1) is 16.0. The summed E-state index contributed by atoms with van der Waals surface area (Å²) in [4.78, 5) is 0.242. The SMILES string of the molecule is Cl.O=S(=O)(Nc1ccc2c(c1)CC(NC[C@H](O)COc1ccccc1)CCC2)c1ccccc1. The normalized spacial score (nSPS) is 16.4. The van der Waals surface area contributed by atoms with E-state index in [0.717, 1.165) is 37.0 Å². The van der Waals surface area contributed by atoms with Crippen LogP contribution in [0.5, 0.6) is 5.75 Å². The van der Waals surface area contributed by atoms with Crippen molar-refractivity contribution < 1.29 is 18.3 Å². The molecule has 1 aliphatic carbocycles. The number of aryl methyl sites for hydroxylation is 1. The third-order valence-corrected chi connectivity index (χ3v) is 7.20. The van der Waals surface area contributed by atoms with Crippen molar-refractivity contribution in [2.45, 2.75) is 42.7 Å². The summed E-state index contributed by atoms with van der Waals surface area (Å²) in [7, 11) is -3.63. The summed E-state index contributed by atoms with van der Waals surface area (Å²) in [5, 5.41) is 13.8. The molecule has 8 heteroatoms. The van der Waals surface area contributed by atoms with Gasteiger partial charge in [0.2, 0.25) is 0 Å². The minimum atomic E-state index is -3.63. The molecule has 4 rings (SSSR count). The summed E-state index contributed by atoms with van der Waals surface area (Å²) in [5.41, 5.74) is 2.94. The molecule has 34 heavy (non-hydrogen) atoms. The summed E-state index contributed by atoms with van der Waals surface area (Å²) in [5.74, 6) is 0.741. The Hall–Kier alpha value is -2.58. The Bertz CT molecular complexity index is 1140. The van der Waals surface area contributed by atoms with Crippen molar-refractivity contribution in [1.29, 1.82) is 0 Å². The van der Waals surface area contributed by atoms with Crippen LogP contribution in [0.25, 0.3) is 0 Å². The van der Waals surface area contributed by atoms with Crippen molar-refractivity contribution >= 4 is 28.1 Å². The maximum Gasteiger partial charge on any atom is 0.261 e. The number of aliphatic hydroxyl groups is 1. The van der Waals surface area contributed by atoms with Crippen LogP contribution in [0.4, 0.5) is 5.69 Å².